The Labute approximate surface area is 110 Å². The Morgan fingerprint density at radius 1 is 1.33 bits per heavy atom. The average Bonchev–Trinajstić information content (AvgIpc) is 2.96. The van der Waals surface area contributed by atoms with Crippen molar-refractivity contribution in [2.75, 3.05) is 0 Å². The highest BCUT2D eigenvalue weighted by Gasteiger charge is 2.26. The quantitative estimate of drug-likeness (QED) is 0.871. The second kappa shape index (κ2) is 4.71. The average molecular weight is 260 g/mol. The third-order valence-electron chi connectivity index (χ3n) is 3.61. The van der Waals surface area contributed by atoms with E-state index in [1.165, 1.54) is 0 Å². The zero-order valence-electron chi connectivity index (χ0n) is 10.1. The van der Waals surface area contributed by atoms with Crippen molar-refractivity contribution in [1.29, 1.82) is 0 Å². The molecular formula is C14H16N2OS. The lowest BCUT2D eigenvalue weighted by Gasteiger charge is -2.16. The van der Waals surface area contributed by atoms with Gasteiger partial charge in [0.1, 0.15) is 0 Å². The highest BCUT2D eigenvalue weighted by Crippen LogP contribution is 2.26. The molecule has 1 amide bonds. The lowest BCUT2D eigenvalue weighted by atomic mass is 10.1. The van der Waals surface area contributed by atoms with Gasteiger partial charge in [-0.05, 0) is 25.3 Å². The number of rotatable bonds is 2. The summed E-state index contributed by atoms with van der Waals surface area (Å²) in [5.74, 6) is 0.00907. The van der Waals surface area contributed by atoms with Crippen LogP contribution in [0.25, 0.3) is 10.1 Å². The van der Waals surface area contributed by atoms with Crippen molar-refractivity contribution in [3.05, 3.63) is 35.2 Å². The molecule has 0 aliphatic heterocycles. The van der Waals surface area contributed by atoms with Crippen LogP contribution in [0.4, 0.5) is 0 Å². The Morgan fingerprint density at radius 3 is 2.94 bits per heavy atom. The summed E-state index contributed by atoms with van der Waals surface area (Å²) in [5.41, 5.74) is 6.75. The van der Waals surface area contributed by atoms with Gasteiger partial charge >= 0.3 is 0 Å². The number of nitrogens with one attached hydrogen (secondary N) is 1. The normalized spacial score (nSPS) is 23.4. The number of fused-ring (bicyclic) bond motifs is 1. The van der Waals surface area contributed by atoms with Gasteiger partial charge in [-0.1, -0.05) is 18.2 Å². The first kappa shape index (κ1) is 11.7. The second-order valence-electron chi connectivity index (χ2n) is 4.82. The van der Waals surface area contributed by atoms with Crippen LogP contribution >= 0.6 is 11.3 Å². The number of thiophene rings is 1. The molecule has 3 N–H and O–H groups in total. The molecule has 3 rings (SSSR count). The van der Waals surface area contributed by atoms with Gasteiger partial charge in [-0.3, -0.25) is 4.79 Å². The van der Waals surface area contributed by atoms with Crippen LogP contribution in [0.3, 0.4) is 0 Å². The molecule has 1 saturated carbocycles. The van der Waals surface area contributed by atoms with Crippen LogP contribution < -0.4 is 11.1 Å². The highest BCUT2D eigenvalue weighted by molar-refractivity contribution is 7.17. The smallest absolute Gasteiger partial charge is 0.253 e. The second-order valence-corrected chi connectivity index (χ2v) is 5.73. The van der Waals surface area contributed by atoms with E-state index < -0.39 is 0 Å². The molecule has 1 aliphatic rings. The SMILES string of the molecule is NC1CCCC1NC(=O)c1csc2ccccc12. The van der Waals surface area contributed by atoms with Gasteiger partial charge in [0.25, 0.3) is 5.91 Å². The summed E-state index contributed by atoms with van der Waals surface area (Å²) in [4.78, 5) is 12.3. The molecule has 4 heteroatoms. The van der Waals surface area contributed by atoms with Crippen molar-refractivity contribution < 1.29 is 4.79 Å². The van der Waals surface area contributed by atoms with Crippen LogP contribution in [0.5, 0.6) is 0 Å². The third kappa shape index (κ3) is 2.02. The molecule has 2 aromatic rings. The molecule has 0 bridgehead atoms. The number of carbonyl (C=O) groups excluding carboxylic acids is 1. The first-order valence-corrected chi connectivity index (χ1v) is 7.16. The van der Waals surface area contributed by atoms with E-state index in [0.29, 0.717) is 0 Å². The van der Waals surface area contributed by atoms with E-state index in [9.17, 15) is 4.79 Å². The Morgan fingerprint density at radius 2 is 2.17 bits per heavy atom. The minimum atomic E-state index is 0.00907. The maximum absolute atomic E-state index is 12.3. The fourth-order valence-corrected chi connectivity index (χ4v) is 3.51. The molecule has 1 fully saturated rings. The molecule has 0 saturated heterocycles. The third-order valence-corrected chi connectivity index (χ3v) is 4.57. The van der Waals surface area contributed by atoms with E-state index in [2.05, 4.69) is 5.32 Å². The lowest BCUT2D eigenvalue weighted by molar-refractivity contribution is 0.0936. The number of carbonyl (C=O) groups is 1. The van der Waals surface area contributed by atoms with Gasteiger partial charge in [-0.2, -0.15) is 0 Å². The van der Waals surface area contributed by atoms with Gasteiger partial charge in [-0.15, -0.1) is 11.3 Å². The molecule has 18 heavy (non-hydrogen) atoms. The first-order chi connectivity index (χ1) is 8.75. The van der Waals surface area contributed by atoms with E-state index in [4.69, 9.17) is 5.73 Å². The van der Waals surface area contributed by atoms with E-state index in [1.807, 2.05) is 29.6 Å². The summed E-state index contributed by atoms with van der Waals surface area (Å²) in [6.07, 6.45) is 3.11. The summed E-state index contributed by atoms with van der Waals surface area (Å²) in [6, 6.07) is 8.24. The van der Waals surface area contributed by atoms with Gasteiger partial charge in [0.05, 0.1) is 5.56 Å². The number of amides is 1. The number of nitrogens with two attached hydrogens (primary N) is 1. The molecule has 1 heterocycles. The van der Waals surface area contributed by atoms with Crippen molar-refractivity contribution in [2.24, 2.45) is 5.73 Å². The fraction of sp³-hybridized carbons (Fsp3) is 0.357. The molecule has 2 unspecified atom stereocenters. The minimum Gasteiger partial charge on any atom is -0.348 e. The first-order valence-electron chi connectivity index (χ1n) is 6.28. The molecule has 0 spiro atoms. The Hall–Kier alpha value is -1.39. The summed E-state index contributed by atoms with van der Waals surface area (Å²) < 4.78 is 1.15. The van der Waals surface area contributed by atoms with Crippen molar-refractivity contribution in [2.45, 2.75) is 31.3 Å². The maximum Gasteiger partial charge on any atom is 0.253 e. The van der Waals surface area contributed by atoms with Gasteiger partial charge in [0.2, 0.25) is 0 Å². The summed E-state index contributed by atoms with van der Waals surface area (Å²) >= 11 is 1.61. The van der Waals surface area contributed by atoms with Crippen molar-refractivity contribution in [1.82, 2.24) is 5.32 Å². The van der Waals surface area contributed by atoms with E-state index in [0.717, 1.165) is 34.9 Å². The number of benzene rings is 1. The van der Waals surface area contributed by atoms with E-state index in [1.54, 1.807) is 11.3 Å². The van der Waals surface area contributed by atoms with E-state index in [-0.39, 0.29) is 18.0 Å². The highest BCUT2D eigenvalue weighted by atomic mass is 32.1. The van der Waals surface area contributed by atoms with Crippen LogP contribution in [0.1, 0.15) is 29.6 Å². The van der Waals surface area contributed by atoms with Crippen molar-refractivity contribution in [3.63, 3.8) is 0 Å². The monoisotopic (exact) mass is 260 g/mol. The summed E-state index contributed by atoms with van der Waals surface area (Å²) in [5, 5.41) is 6.03. The standard InChI is InChI=1S/C14H16N2OS/c15-11-5-3-6-12(11)16-14(17)10-8-18-13-7-2-1-4-9(10)13/h1-2,4,7-8,11-12H,3,5-6,15H2,(H,16,17). The molecule has 3 nitrogen and oxygen atoms in total. The predicted octanol–water partition coefficient (Wildman–Crippen LogP) is 2.51. The molecule has 0 radical (unpaired) electrons. The minimum absolute atomic E-state index is 0.00907. The number of hydrogen-bond donors (Lipinski definition) is 2. The van der Waals surface area contributed by atoms with Crippen LogP contribution in [-0.2, 0) is 0 Å². The molecule has 1 aromatic heterocycles. The summed E-state index contributed by atoms with van der Waals surface area (Å²) in [7, 11) is 0. The van der Waals surface area contributed by atoms with E-state index >= 15 is 0 Å². The van der Waals surface area contributed by atoms with Crippen LogP contribution in [-0.4, -0.2) is 18.0 Å². The van der Waals surface area contributed by atoms with Crippen LogP contribution in [0.15, 0.2) is 29.6 Å². The molecule has 94 valence electrons. The van der Waals surface area contributed by atoms with Crippen LogP contribution in [0.2, 0.25) is 0 Å². The molecule has 2 atom stereocenters. The van der Waals surface area contributed by atoms with Gasteiger partial charge in [0.15, 0.2) is 0 Å². The lowest BCUT2D eigenvalue weighted by Crippen LogP contribution is -2.43. The van der Waals surface area contributed by atoms with Crippen molar-refractivity contribution >= 4 is 27.3 Å². The zero-order chi connectivity index (χ0) is 12.5. The number of hydrogen-bond acceptors (Lipinski definition) is 3. The molecular weight excluding hydrogens is 244 g/mol. The zero-order valence-corrected chi connectivity index (χ0v) is 10.9. The Balaban J connectivity index is 1.84. The topological polar surface area (TPSA) is 55.1 Å². The fourth-order valence-electron chi connectivity index (χ4n) is 2.57. The molecule has 1 aliphatic carbocycles. The largest absolute Gasteiger partial charge is 0.348 e. The summed E-state index contributed by atoms with van der Waals surface area (Å²) in [6.45, 7) is 0. The van der Waals surface area contributed by atoms with Crippen LogP contribution in [0, 0.1) is 0 Å². The van der Waals surface area contributed by atoms with Gasteiger partial charge in [-0.25, -0.2) is 0 Å². The van der Waals surface area contributed by atoms with Crippen molar-refractivity contribution in [3.8, 4) is 0 Å². The maximum atomic E-state index is 12.3. The predicted molar refractivity (Wildman–Crippen MR) is 74.9 cm³/mol. The Bertz CT molecular complexity index is 578. The molecule has 1 aromatic carbocycles. The van der Waals surface area contributed by atoms with Gasteiger partial charge in [0, 0.05) is 27.5 Å². The van der Waals surface area contributed by atoms with Gasteiger partial charge < -0.3 is 11.1 Å². The Kier molecular flexibility index (Phi) is 3.06.